The van der Waals surface area contributed by atoms with Crippen LogP contribution in [0.15, 0.2) is 48.5 Å². The molecule has 1 fully saturated rings. The molecule has 1 aliphatic heterocycles. The zero-order valence-corrected chi connectivity index (χ0v) is 17.0. The lowest BCUT2D eigenvalue weighted by molar-refractivity contribution is -0.126. The number of hydrogen-bond donors (Lipinski definition) is 1. The van der Waals surface area contributed by atoms with Gasteiger partial charge in [0.05, 0.1) is 17.1 Å². The molecule has 150 valence electrons. The number of anilines is 1. The van der Waals surface area contributed by atoms with E-state index >= 15 is 0 Å². The predicted octanol–water partition coefficient (Wildman–Crippen LogP) is 4.08. The standard InChI is InChI=1S/C24H28N4O/c1-2-28-22-10-6-5-9-21(22)26-24(28)27-15-13-18(14-16-27)23(29)25-20-12-11-17-7-3-4-8-19(17)20/h3-10,18,20H,2,11-16H2,1H3,(H,25,29)/t20-/m1/s1. The van der Waals surface area contributed by atoms with Gasteiger partial charge in [-0.05, 0) is 55.9 Å². The molecule has 0 spiro atoms. The fourth-order valence-electron chi connectivity index (χ4n) is 4.95. The number of imidazole rings is 1. The van der Waals surface area contributed by atoms with Crippen molar-refractivity contribution in [1.29, 1.82) is 0 Å². The van der Waals surface area contributed by atoms with Gasteiger partial charge in [-0.2, -0.15) is 0 Å². The van der Waals surface area contributed by atoms with Gasteiger partial charge in [0.1, 0.15) is 0 Å². The molecule has 2 aromatic carbocycles. The minimum Gasteiger partial charge on any atom is -0.349 e. The van der Waals surface area contributed by atoms with E-state index in [-0.39, 0.29) is 17.9 Å². The van der Waals surface area contributed by atoms with Crippen molar-refractivity contribution in [1.82, 2.24) is 14.9 Å². The number of nitrogens with one attached hydrogen (secondary N) is 1. The van der Waals surface area contributed by atoms with Crippen LogP contribution in [0.2, 0.25) is 0 Å². The van der Waals surface area contributed by atoms with Crippen LogP contribution in [0.4, 0.5) is 5.95 Å². The summed E-state index contributed by atoms with van der Waals surface area (Å²) in [7, 11) is 0. The smallest absolute Gasteiger partial charge is 0.223 e. The molecule has 0 bridgehead atoms. The maximum Gasteiger partial charge on any atom is 0.223 e. The summed E-state index contributed by atoms with van der Waals surface area (Å²) in [4.78, 5) is 20.1. The topological polar surface area (TPSA) is 50.2 Å². The first-order valence-electron chi connectivity index (χ1n) is 10.8. The highest BCUT2D eigenvalue weighted by Crippen LogP contribution is 2.32. The van der Waals surface area contributed by atoms with E-state index in [1.54, 1.807) is 0 Å². The van der Waals surface area contributed by atoms with E-state index in [0.717, 1.165) is 56.8 Å². The summed E-state index contributed by atoms with van der Waals surface area (Å²) in [6, 6.07) is 17.0. The summed E-state index contributed by atoms with van der Waals surface area (Å²) in [6.07, 6.45) is 3.84. The first kappa shape index (κ1) is 18.2. The van der Waals surface area contributed by atoms with Crippen LogP contribution in [0, 0.1) is 5.92 Å². The van der Waals surface area contributed by atoms with Crippen molar-refractivity contribution >= 4 is 22.9 Å². The van der Waals surface area contributed by atoms with Crippen LogP contribution in [0.5, 0.6) is 0 Å². The second kappa shape index (κ2) is 7.54. The number of rotatable bonds is 4. The minimum atomic E-state index is 0.0958. The van der Waals surface area contributed by atoms with Gasteiger partial charge in [0.25, 0.3) is 0 Å². The number of hydrogen-bond acceptors (Lipinski definition) is 3. The molecule has 1 aromatic heterocycles. The number of aryl methyl sites for hydroxylation is 2. The molecule has 3 aromatic rings. The Bertz CT molecular complexity index is 1030. The van der Waals surface area contributed by atoms with Gasteiger partial charge in [0.2, 0.25) is 11.9 Å². The molecule has 1 atom stereocenters. The number of piperidine rings is 1. The maximum absolute atomic E-state index is 12.9. The fraction of sp³-hybridized carbons (Fsp3) is 0.417. The van der Waals surface area contributed by atoms with Gasteiger partial charge >= 0.3 is 0 Å². The molecule has 5 rings (SSSR count). The number of para-hydroxylation sites is 2. The molecular weight excluding hydrogens is 360 g/mol. The molecule has 0 unspecified atom stereocenters. The molecule has 2 heterocycles. The number of benzene rings is 2. The Morgan fingerprint density at radius 1 is 1.07 bits per heavy atom. The summed E-state index contributed by atoms with van der Waals surface area (Å²) in [5.74, 6) is 1.35. The monoisotopic (exact) mass is 388 g/mol. The second-order valence-electron chi connectivity index (χ2n) is 8.20. The van der Waals surface area contributed by atoms with Gasteiger partial charge in [0.15, 0.2) is 0 Å². The molecule has 29 heavy (non-hydrogen) atoms. The zero-order valence-electron chi connectivity index (χ0n) is 17.0. The van der Waals surface area contributed by atoms with Crippen LogP contribution >= 0.6 is 0 Å². The predicted molar refractivity (Wildman–Crippen MR) is 116 cm³/mol. The number of fused-ring (bicyclic) bond motifs is 2. The molecule has 1 amide bonds. The van der Waals surface area contributed by atoms with Crippen LogP contribution in [0.1, 0.15) is 43.4 Å². The van der Waals surface area contributed by atoms with Gasteiger partial charge < -0.3 is 14.8 Å². The lowest BCUT2D eigenvalue weighted by atomic mass is 9.95. The Balaban J connectivity index is 1.25. The average Bonchev–Trinajstić information content (AvgIpc) is 3.35. The summed E-state index contributed by atoms with van der Waals surface area (Å²) in [6.45, 7) is 4.82. The van der Waals surface area contributed by atoms with Gasteiger partial charge in [-0.25, -0.2) is 4.98 Å². The van der Waals surface area contributed by atoms with Crippen molar-refractivity contribution in [2.45, 2.75) is 45.2 Å². The van der Waals surface area contributed by atoms with E-state index in [4.69, 9.17) is 4.98 Å². The Morgan fingerprint density at radius 3 is 2.66 bits per heavy atom. The number of aromatic nitrogens is 2. The Hall–Kier alpha value is -2.82. The lowest BCUT2D eigenvalue weighted by Crippen LogP contribution is -2.42. The molecule has 1 N–H and O–H groups in total. The van der Waals surface area contributed by atoms with Gasteiger partial charge in [-0.15, -0.1) is 0 Å². The summed E-state index contributed by atoms with van der Waals surface area (Å²) in [5, 5.41) is 3.33. The highest BCUT2D eigenvalue weighted by atomic mass is 16.2. The van der Waals surface area contributed by atoms with Gasteiger partial charge in [0, 0.05) is 25.6 Å². The molecule has 0 saturated carbocycles. The summed E-state index contributed by atoms with van der Waals surface area (Å²) in [5.41, 5.74) is 4.91. The maximum atomic E-state index is 12.9. The Labute approximate surface area is 171 Å². The van der Waals surface area contributed by atoms with Crippen LogP contribution in [0.3, 0.4) is 0 Å². The third kappa shape index (κ3) is 3.28. The quantitative estimate of drug-likeness (QED) is 0.733. The van der Waals surface area contributed by atoms with Gasteiger partial charge in [-0.3, -0.25) is 4.79 Å². The molecule has 2 aliphatic rings. The molecule has 1 aliphatic carbocycles. The molecule has 0 radical (unpaired) electrons. The van der Waals surface area contributed by atoms with E-state index in [2.05, 4.69) is 64.2 Å². The van der Waals surface area contributed by atoms with Crippen LogP contribution in [0.25, 0.3) is 11.0 Å². The summed E-state index contributed by atoms with van der Waals surface area (Å²) >= 11 is 0. The third-order valence-electron chi connectivity index (χ3n) is 6.55. The largest absolute Gasteiger partial charge is 0.349 e. The second-order valence-corrected chi connectivity index (χ2v) is 8.20. The number of amides is 1. The highest BCUT2D eigenvalue weighted by Gasteiger charge is 2.30. The van der Waals surface area contributed by atoms with Crippen LogP contribution in [-0.4, -0.2) is 28.5 Å². The van der Waals surface area contributed by atoms with Gasteiger partial charge in [-0.1, -0.05) is 36.4 Å². The normalized spacial score (nSPS) is 19.5. The third-order valence-corrected chi connectivity index (χ3v) is 6.55. The molecule has 5 nitrogen and oxygen atoms in total. The van der Waals surface area contributed by atoms with Crippen molar-refractivity contribution in [2.75, 3.05) is 18.0 Å². The SMILES string of the molecule is CCn1c(N2CCC(C(=O)N[C@@H]3CCc4ccccc43)CC2)nc2ccccc21. The van der Waals surface area contributed by atoms with Crippen molar-refractivity contribution in [3.63, 3.8) is 0 Å². The zero-order chi connectivity index (χ0) is 19.8. The van der Waals surface area contributed by atoms with Crippen molar-refractivity contribution < 1.29 is 4.79 Å². The van der Waals surface area contributed by atoms with Crippen LogP contribution < -0.4 is 10.2 Å². The molecule has 5 heteroatoms. The minimum absolute atomic E-state index is 0.0958. The van der Waals surface area contributed by atoms with E-state index in [0.29, 0.717) is 0 Å². The van der Waals surface area contributed by atoms with Crippen LogP contribution in [-0.2, 0) is 17.8 Å². The van der Waals surface area contributed by atoms with E-state index in [1.807, 2.05) is 6.07 Å². The van der Waals surface area contributed by atoms with E-state index in [1.165, 1.54) is 16.6 Å². The van der Waals surface area contributed by atoms with Crippen molar-refractivity contribution in [2.24, 2.45) is 5.92 Å². The highest BCUT2D eigenvalue weighted by molar-refractivity contribution is 5.80. The Morgan fingerprint density at radius 2 is 1.83 bits per heavy atom. The Kier molecular flexibility index (Phi) is 4.74. The first-order valence-corrected chi connectivity index (χ1v) is 10.8. The number of carbonyl (C=O) groups is 1. The average molecular weight is 389 g/mol. The number of carbonyl (C=O) groups excluding carboxylic acids is 1. The number of nitrogens with zero attached hydrogens (tertiary/aromatic N) is 3. The van der Waals surface area contributed by atoms with E-state index in [9.17, 15) is 4.79 Å². The molecular formula is C24H28N4O. The summed E-state index contributed by atoms with van der Waals surface area (Å²) < 4.78 is 2.28. The first-order chi connectivity index (χ1) is 14.2. The van der Waals surface area contributed by atoms with Crippen molar-refractivity contribution in [3.8, 4) is 0 Å². The van der Waals surface area contributed by atoms with Crippen molar-refractivity contribution in [3.05, 3.63) is 59.7 Å². The molecule has 1 saturated heterocycles. The van der Waals surface area contributed by atoms with E-state index < -0.39 is 0 Å². The lowest BCUT2D eigenvalue weighted by Gasteiger charge is -2.33. The fourth-order valence-corrected chi connectivity index (χ4v) is 4.95.